The van der Waals surface area contributed by atoms with Crippen molar-refractivity contribution in [1.29, 1.82) is 0 Å². The number of aliphatic imine (C=N–C) groups is 1. The average Bonchev–Trinajstić information content (AvgIpc) is 2.33. The zero-order valence-corrected chi connectivity index (χ0v) is 13.0. The molecule has 1 aromatic rings. The second-order valence-corrected chi connectivity index (χ2v) is 8.74. The molecule has 1 atom stereocenters. The van der Waals surface area contributed by atoms with Crippen LogP contribution in [-0.2, 0) is 9.52 Å². The number of rotatable bonds is 1. The van der Waals surface area contributed by atoms with Crippen LogP contribution in [0.1, 0.15) is 5.56 Å². The summed E-state index contributed by atoms with van der Waals surface area (Å²) in [7, 11) is -2.36. The Morgan fingerprint density at radius 3 is 2.41 bits per heavy atom. The van der Waals surface area contributed by atoms with Crippen molar-refractivity contribution in [2.75, 3.05) is 6.26 Å². The van der Waals surface area contributed by atoms with Crippen molar-refractivity contribution >= 4 is 56.7 Å². The molecule has 1 aliphatic rings. The van der Waals surface area contributed by atoms with Crippen LogP contribution in [0.3, 0.4) is 0 Å². The van der Waals surface area contributed by atoms with Crippen LogP contribution < -0.4 is 5.73 Å². The molecule has 1 aromatic carbocycles. The standard InChI is InChI=1S/C11H10Br2N2OS/c1-17(16)9(12)8(15-11(14)10(17)13)7-5-3-2-4-6-7/h2-6H,1H3,(H2,14,15). The maximum atomic E-state index is 12.5. The lowest BCUT2D eigenvalue weighted by Gasteiger charge is -2.17. The van der Waals surface area contributed by atoms with Gasteiger partial charge < -0.3 is 5.73 Å². The van der Waals surface area contributed by atoms with E-state index in [0.29, 0.717) is 13.3 Å². The molecule has 0 aromatic heterocycles. The van der Waals surface area contributed by atoms with Crippen LogP contribution >= 0.6 is 31.9 Å². The molecule has 1 aliphatic heterocycles. The third-order valence-electron chi connectivity index (χ3n) is 2.35. The van der Waals surface area contributed by atoms with Crippen molar-refractivity contribution in [2.24, 2.45) is 10.7 Å². The Morgan fingerprint density at radius 2 is 1.82 bits per heavy atom. The number of amidine groups is 1. The number of nitrogens with two attached hydrogens (primary N) is 1. The van der Waals surface area contributed by atoms with Crippen molar-refractivity contribution < 1.29 is 4.21 Å². The van der Waals surface area contributed by atoms with Gasteiger partial charge in [0.2, 0.25) is 0 Å². The van der Waals surface area contributed by atoms with Gasteiger partial charge in [0.15, 0.2) is 0 Å². The number of hydrogen-bond donors (Lipinski definition) is 1. The molecule has 0 saturated heterocycles. The van der Waals surface area contributed by atoms with E-state index in [1.165, 1.54) is 0 Å². The van der Waals surface area contributed by atoms with Crippen LogP contribution in [0.2, 0.25) is 0 Å². The molecule has 3 nitrogen and oxygen atoms in total. The molecule has 1 heterocycles. The van der Waals surface area contributed by atoms with Gasteiger partial charge in [0.05, 0.1) is 5.70 Å². The summed E-state index contributed by atoms with van der Waals surface area (Å²) >= 11 is 6.61. The summed E-state index contributed by atoms with van der Waals surface area (Å²) in [5.41, 5.74) is 7.29. The van der Waals surface area contributed by atoms with Gasteiger partial charge in [0, 0.05) is 21.3 Å². The Bertz CT molecular complexity index is 641. The molecular formula is C11H10Br2N2OS. The molecule has 17 heavy (non-hydrogen) atoms. The Labute approximate surface area is 117 Å². The van der Waals surface area contributed by atoms with Crippen molar-refractivity contribution in [3.8, 4) is 0 Å². The van der Waals surface area contributed by atoms with E-state index >= 15 is 0 Å². The minimum Gasteiger partial charge on any atom is -0.382 e. The van der Waals surface area contributed by atoms with Gasteiger partial charge in [-0.05, 0) is 31.9 Å². The van der Waals surface area contributed by atoms with Gasteiger partial charge in [-0.3, -0.25) is 4.21 Å². The van der Waals surface area contributed by atoms with Crippen LogP contribution in [0.15, 0.2) is 39.1 Å². The second-order valence-electron chi connectivity index (χ2n) is 3.60. The van der Waals surface area contributed by atoms with Crippen LogP contribution in [0, 0.1) is 0 Å². The number of benzene rings is 1. The zero-order chi connectivity index (χ0) is 12.6. The molecule has 1 unspecified atom stereocenters. The summed E-state index contributed by atoms with van der Waals surface area (Å²) in [5, 5.41) is 0. The minimum atomic E-state index is -2.36. The molecule has 0 bridgehead atoms. The van der Waals surface area contributed by atoms with E-state index in [1.54, 1.807) is 6.26 Å². The number of nitrogens with zero attached hydrogens (tertiary/aromatic N) is 1. The molecule has 0 spiro atoms. The van der Waals surface area contributed by atoms with Gasteiger partial charge in [-0.15, -0.1) is 0 Å². The SMILES string of the molecule is CS1(=O)=C(Br)C(N)=NC(c2ccccc2)=C1Br. The molecule has 2 rings (SSSR count). The predicted molar refractivity (Wildman–Crippen MR) is 81.9 cm³/mol. The van der Waals surface area contributed by atoms with Gasteiger partial charge >= 0.3 is 0 Å². The third kappa shape index (κ3) is 2.21. The van der Waals surface area contributed by atoms with Crippen LogP contribution in [0.25, 0.3) is 5.70 Å². The third-order valence-corrected chi connectivity index (χ3v) is 8.61. The summed E-state index contributed by atoms with van der Waals surface area (Å²) in [4.78, 5) is 4.27. The highest BCUT2D eigenvalue weighted by Gasteiger charge is 2.24. The van der Waals surface area contributed by atoms with Gasteiger partial charge in [0.1, 0.15) is 13.4 Å². The molecule has 0 radical (unpaired) electrons. The quantitative estimate of drug-likeness (QED) is 0.603. The van der Waals surface area contributed by atoms with E-state index in [0.717, 1.165) is 5.56 Å². The smallest absolute Gasteiger partial charge is 0.147 e. The van der Waals surface area contributed by atoms with Gasteiger partial charge in [-0.25, -0.2) is 4.99 Å². The topological polar surface area (TPSA) is 55.5 Å². The normalized spacial score (nSPS) is 24.9. The zero-order valence-electron chi connectivity index (χ0n) is 8.98. The van der Waals surface area contributed by atoms with Crippen molar-refractivity contribution in [3.05, 3.63) is 39.7 Å². The number of hydrogen-bond acceptors (Lipinski definition) is 3. The Hall–Kier alpha value is -0.590. The summed E-state index contributed by atoms with van der Waals surface area (Å²) < 4.78 is 13.5. The first kappa shape index (κ1) is 12.9. The first-order valence-corrected chi connectivity index (χ1v) is 8.31. The first-order chi connectivity index (χ1) is 7.94. The minimum absolute atomic E-state index is 0.263. The first-order valence-electron chi connectivity index (χ1n) is 4.76. The Balaban J connectivity index is 2.74. The highest BCUT2D eigenvalue weighted by molar-refractivity contribution is 9.21. The molecule has 90 valence electrons. The Morgan fingerprint density at radius 1 is 1.24 bits per heavy atom. The van der Waals surface area contributed by atoms with Gasteiger partial charge in [0.25, 0.3) is 0 Å². The predicted octanol–water partition coefficient (Wildman–Crippen LogP) is 2.52. The Kier molecular flexibility index (Phi) is 3.47. The molecule has 0 aliphatic carbocycles. The molecule has 0 fully saturated rings. The van der Waals surface area contributed by atoms with Crippen LogP contribution in [0.4, 0.5) is 0 Å². The lowest BCUT2D eigenvalue weighted by Crippen LogP contribution is -2.28. The van der Waals surface area contributed by atoms with E-state index < -0.39 is 9.52 Å². The fourth-order valence-electron chi connectivity index (χ4n) is 1.45. The summed E-state index contributed by atoms with van der Waals surface area (Å²) in [6, 6.07) is 9.53. The largest absolute Gasteiger partial charge is 0.382 e. The fourth-order valence-corrected chi connectivity index (χ4v) is 4.61. The molecule has 2 N–H and O–H groups in total. The maximum Gasteiger partial charge on any atom is 0.147 e. The second kappa shape index (κ2) is 4.59. The lowest BCUT2D eigenvalue weighted by molar-refractivity contribution is 0.689. The van der Waals surface area contributed by atoms with Crippen molar-refractivity contribution in [3.63, 3.8) is 0 Å². The van der Waals surface area contributed by atoms with Crippen LogP contribution in [0.5, 0.6) is 0 Å². The molecule has 0 saturated carbocycles. The summed E-state index contributed by atoms with van der Waals surface area (Å²) in [5.74, 6) is 0.263. The van der Waals surface area contributed by atoms with Gasteiger partial charge in [-0.1, -0.05) is 30.3 Å². The number of halogens is 2. The van der Waals surface area contributed by atoms with E-state index in [4.69, 9.17) is 5.73 Å². The van der Waals surface area contributed by atoms with Crippen LogP contribution in [-0.4, -0.2) is 20.1 Å². The van der Waals surface area contributed by atoms with Gasteiger partial charge in [-0.2, -0.15) is 0 Å². The molecule has 0 amide bonds. The van der Waals surface area contributed by atoms with E-state index in [9.17, 15) is 4.21 Å². The lowest BCUT2D eigenvalue weighted by atomic mass is 10.2. The highest BCUT2D eigenvalue weighted by Crippen LogP contribution is 2.32. The van der Waals surface area contributed by atoms with Crippen molar-refractivity contribution in [2.45, 2.75) is 0 Å². The molecular weight excluding hydrogens is 368 g/mol. The van der Waals surface area contributed by atoms with E-state index in [1.807, 2.05) is 30.3 Å². The summed E-state index contributed by atoms with van der Waals surface area (Å²) in [6.07, 6.45) is 1.63. The van der Waals surface area contributed by atoms with E-state index in [-0.39, 0.29) is 5.84 Å². The van der Waals surface area contributed by atoms with Crippen molar-refractivity contribution in [1.82, 2.24) is 0 Å². The monoisotopic (exact) mass is 376 g/mol. The summed E-state index contributed by atoms with van der Waals surface area (Å²) in [6.45, 7) is 0. The fraction of sp³-hybridized carbons (Fsp3) is 0.0909. The molecule has 6 heteroatoms. The highest BCUT2D eigenvalue weighted by atomic mass is 79.9. The maximum absolute atomic E-state index is 12.5. The van der Waals surface area contributed by atoms with E-state index in [2.05, 4.69) is 36.9 Å². The average molecular weight is 378 g/mol.